The Morgan fingerprint density at radius 3 is 2.30 bits per heavy atom. The second-order valence-corrected chi connectivity index (χ2v) is 6.40. The van der Waals surface area contributed by atoms with E-state index in [1.54, 1.807) is 26.0 Å². The fourth-order valence-electron chi connectivity index (χ4n) is 2.53. The van der Waals surface area contributed by atoms with Crippen molar-refractivity contribution in [1.82, 2.24) is 10.6 Å². The van der Waals surface area contributed by atoms with Gasteiger partial charge in [-0.2, -0.15) is 0 Å². The minimum absolute atomic E-state index is 0.100. The van der Waals surface area contributed by atoms with Crippen molar-refractivity contribution in [3.05, 3.63) is 71.3 Å². The monoisotopic (exact) mass is 368 g/mol. The van der Waals surface area contributed by atoms with Gasteiger partial charge >= 0.3 is 12.0 Å². The molecule has 2 rings (SSSR count). The van der Waals surface area contributed by atoms with E-state index in [4.69, 9.17) is 4.74 Å². The van der Waals surface area contributed by atoms with Crippen LogP contribution in [0.1, 0.15) is 35.3 Å². The highest BCUT2D eigenvalue weighted by atomic mass is 16.5. The van der Waals surface area contributed by atoms with E-state index >= 15 is 0 Å². The Morgan fingerprint density at radius 2 is 1.59 bits per heavy atom. The molecule has 6 heteroatoms. The predicted molar refractivity (Wildman–Crippen MR) is 102 cm³/mol. The zero-order valence-corrected chi connectivity index (χ0v) is 15.5. The maximum atomic E-state index is 12.3. The van der Waals surface area contributed by atoms with Crippen molar-refractivity contribution >= 4 is 17.9 Å². The van der Waals surface area contributed by atoms with Crippen molar-refractivity contribution in [2.45, 2.75) is 32.7 Å². The van der Waals surface area contributed by atoms with Gasteiger partial charge in [0.15, 0.2) is 6.61 Å². The lowest BCUT2D eigenvalue weighted by Gasteiger charge is -2.11. The Morgan fingerprint density at radius 1 is 0.926 bits per heavy atom. The van der Waals surface area contributed by atoms with Gasteiger partial charge in [0.25, 0.3) is 5.91 Å². The van der Waals surface area contributed by atoms with Gasteiger partial charge in [-0.15, -0.1) is 0 Å². The SMILES string of the molecule is CC(C)NC(=O)NC(=O)COC(=O)c1ccccc1CCc1ccccc1. The van der Waals surface area contributed by atoms with E-state index in [0.717, 1.165) is 12.0 Å². The first-order valence-corrected chi connectivity index (χ1v) is 8.85. The maximum Gasteiger partial charge on any atom is 0.338 e. The average Bonchev–Trinajstić information content (AvgIpc) is 2.65. The molecule has 0 aliphatic carbocycles. The number of ether oxygens (including phenoxy) is 1. The first kappa shape index (κ1) is 20.2. The molecule has 2 aromatic rings. The second kappa shape index (κ2) is 10.1. The Labute approximate surface area is 158 Å². The molecule has 142 valence electrons. The highest BCUT2D eigenvalue weighted by molar-refractivity contribution is 5.97. The fraction of sp³-hybridized carbons (Fsp3) is 0.286. The third-order valence-electron chi connectivity index (χ3n) is 3.77. The molecule has 0 aliphatic heterocycles. The molecule has 6 nitrogen and oxygen atoms in total. The van der Waals surface area contributed by atoms with E-state index in [1.807, 2.05) is 42.5 Å². The van der Waals surface area contributed by atoms with Crippen molar-refractivity contribution in [2.24, 2.45) is 0 Å². The van der Waals surface area contributed by atoms with E-state index in [-0.39, 0.29) is 6.04 Å². The third kappa shape index (κ3) is 6.93. The van der Waals surface area contributed by atoms with Gasteiger partial charge in [-0.3, -0.25) is 10.1 Å². The number of rotatable bonds is 7. The zero-order chi connectivity index (χ0) is 19.6. The van der Waals surface area contributed by atoms with Gasteiger partial charge in [-0.1, -0.05) is 48.5 Å². The summed E-state index contributed by atoms with van der Waals surface area (Å²) in [5.41, 5.74) is 2.45. The van der Waals surface area contributed by atoms with E-state index in [9.17, 15) is 14.4 Å². The summed E-state index contributed by atoms with van der Waals surface area (Å²) in [4.78, 5) is 35.5. The van der Waals surface area contributed by atoms with E-state index < -0.39 is 24.5 Å². The molecule has 0 aromatic heterocycles. The molecule has 0 saturated carbocycles. The van der Waals surface area contributed by atoms with Crippen molar-refractivity contribution in [3.8, 4) is 0 Å². The van der Waals surface area contributed by atoms with Crippen LogP contribution in [0.4, 0.5) is 4.79 Å². The molecule has 0 spiro atoms. The van der Waals surface area contributed by atoms with Crippen LogP contribution < -0.4 is 10.6 Å². The van der Waals surface area contributed by atoms with Crippen LogP contribution >= 0.6 is 0 Å². The maximum absolute atomic E-state index is 12.3. The van der Waals surface area contributed by atoms with Gasteiger partial charge < -0.3 is 10.1 Å². The highest BCUT2D eigenvalue weighted by Crippen LogP contribution is 2.14. The number of carbonyl (C=O) groups excluding carboxylic acids is 3. The number of urea groups is 1. The minimum Gasteiger partial charge on any atom is -0.452 e. The topological polar surface area (TPSA) is 84.5 Å². The summed E-state index contributed by atoms with van der Waals surface area (Å²) in [6.07, 6.45) is 1.47. The van der Waals surface area contributed by atoms with Crippen LogP contribution in [0.2, 0.25) is 0 Å². The molecule has 27 heavy (non-hydrogen) atoms. The molecule has 0 saturated heterocycles. The molecule has 0 bridgehead atoms. The van der Waals surface area contributed by atoms with Crippen LogP contribution in [0.3, 0.4) is 0 Å². The number of imide groups is 1. The lowest BCUT2D eigenvalue weighted by molar-refractivity contribution is -0.123. The highest BCUT2D eigenvalue weighted by Gasteiger charge is 2.15. The quantitative estimate of drug-likeness (QED) is 0.736. The van der Waals surface area contributed by atoms with Gasteiger partial charge in [-0.25, -0.2) is 9.59 Å². The largest absolute Gasteiger partial charge is 0.452 e. The molecule has 0 aliphatic rings. The Kier molecular flexibility index (Phi) is 7.55. The van der Waals surface area contributed by atoms with Gasteiger partial charge in [0.2, 0.25) is 0 Å². The molecule has 0 radical (unpaired) electrons. The number of nitrogens with one attached hydrogen (secondary N) is 2. The van der Waals surface area contributed by atoms with Crippen molar-refractivity contribution in [3.63, 3.8) is 0 Å². The van der Waals surface area contributed by atoms with Crippen molar-refractivity contribution in [2.75, 3.05) is 6.61 Å². The minimum atomic E-state index is -0.678. The molecular formula is C21H24N2O4. The Balaban J connectivity index is 1.90. The van der Waals surface area contributed by atoms with Crippen LogP contribution in [0.15, 0.2) is 54.6 Å². The van der Waals surface area contributed by atoms with Gasteiger partial charge in [-0.05, 0) is 43.9 Å². The summed E-state index contributed by atoms with van der Waals surface area (Å²) in [6.45, 7) is 3.03. The van der Waals surface area contributed by atoms with Crippen LogP contribution in [0.5, 0.6) is 0 Å². The first-order valence-electron chi connectivity index (χ1n) is 8.85. The van der Waals surface area contributed by atoms with Gasteiger partial charge in [0.05, 0.1) is 5.56 Å². The number of carbonyl (C=O) groups is 3. The average molecular weight is 368 g/mol. The van der Waals surface area contributed by atoms with Crippen molar-refractivity contribution < 1.29 is 19.1 Å². The summed E-state index contributed by atoms with van der Waals surface area (Å²) in [5, 5.41) is 4.64. The van der Waals surface area contributed by atoms with Gasteiger partial charge in [0, 0.05) is 6.04 Å². The molecular weight excluding hydrogens is 344 g/mol. The van der Waals surface area contributed by atoms with Crippen molar-refractivity contribution in [1.29, 1.82) is 0 Å². The molecule has 0 heterocycles. The first-order chi connectivity index (χ1) is 13.0. The van der Waals surface area contributed by atoms with Crippen LogP contribution in [-0.4, -0.2) is 30.6 Å². The molecule has 0 unspecified atom stereocenters. The van der Waals surface area contributed by atoms with Crippen LogP contribution in [0.25, 0.3) is 0 Å². The molecule has 2 aromatic carbocycles. The van der Waals surface area contributed by atoms with Gasteiger partial charge in [0.1, 0.15) is 0 Å². The van der Waals surface area contributed by atoms with E-state index in [2.05, 4.69) is 10.6 Å². The lowest BCUT2D eigenvalue weighted by atomic mass is 10.00. The number of hydrogen-bond acceptors (Lipinski definition) is 4. The fourth-order valence-corrected chi connectivity index (χ4v) is 2.53. The van der Waals surface area contributed by atoms with E-state index in [1.165, 1.54) is 5.56 Å². The lowest BCUT2D eigenvalue weighted by Crippen LogP contribution is -2.44. The predicted octanol–water partition coefficient (Wildman–Crippen LogP) is 2.86. The molecule has 2 N–H and O–H groups in total. The second-order valence-electron chi connectivity index (χ2n) is 6.40. The Hall–Kier alpha value is -3.15. The summed E-state index contributed by atoms with van der Waals surface area (Å²) in [5.74, 6) is -1.26. The van der Waals surface area contributed by atoms with Crippen LogP contribution in [0, 0.1) is 0 Å². The normalized spacial score (nSPS) is 10.3. The summed E-state index contributed by atoms with van der Waals surface area (Å²) in [6, 6.07) is 16.4. The molecule has 0 fully saturated rings. The van der Waals surface area contributed by atoms with E-state index in [0.29, 0.717) is 12.0 Å². The van der Waals surface area contributed by atoms with Crippen LogP contribution in [-0.2, 0) is 22.4 Å². The zero-order valence-electron chi connectivity index (χ0n) is 15.5. The number of hydrogen-bond donors (Lipinski definition) is 2. The number of aryl methyl sites for hydroxylation is 2. The number of esters is 1. The molecule has 3 amide bonds. The molecule has 0 atom stereocenters. The number of benzene rings is 2. The summed E-state index contributed by atoms with van der Waals surface area (Å²) in [7, 11) is 0. The Bertz CT molecular complexity index is 788. The summed E-state index contributed by atoms with van der Waals surface area (Å²) < 4.78 is 5.06. The smallest absolute Gasteiger partial charge is 0.338 e. The third-order valence-corrected chi connectivity index (χ3v) is 3.77. The number of amides is 3. The summed E-state index contributed by atoms with van der Waals surface area (Å²) >= 11 is 0. The standard InChI is InChI=1S/C21H24N2O4/c1-15(2)22-21(26)23-19(24)14-27-20(25)18-11-7-6-10-17(18)13-12-16-8-4-3-5-9-16/h3-11,15H,12-14H2,1-2H3,(H2,22,23,24,26).